The zero-order valence-corrected chi connectivity index (χ0v) is 14.7. The number of carbonyl (C=O) groups is 1. The van der Waals surface area contributed by atoms with E-state index in [4.69, 9.17) is 11.6 Å². The molecule has 0 aliphatic heterocycles. The highest BCUT2D eigenvalue weighted by Crippen LogP contribution is 2.27. The fourth-order valence-electron chi connectivity index (χ4n) is 2.68. The van der Waals surface area contributed by atoms with Crippen LogP contribution in [0.15, 0.2) is 42.5 Å². The van der Waals surface area contributed by atoms with Crippen LogP contribution in [0.5, 0.6) is 0 Å². The van der Waals surface area contributed by atoms with Gasteiger partial charge in [0.25, 0.3) is 0 Å². The van der Waals surface area contributed by atoms with Gasteiger partial charge in [-0.05, 0) is 50.1 Å². The zero-order valence-electron chi connectivity index (χ0n) is 13.9. The van der Waals surface area contributed by atoms with Gasteiger partial charge in [0.1, 0.15) is 0 Å². The molecule has 4 heteroatoms. The van der Waals surface area contributed by atoms with Crippen LogP contribution >= 0.6 is 11.6 Å². The van der Waals surface area contributed by atoms with Gasteiger partial charge in [-0.25, -0.2) is 0 Å². The first kappa shape index (κ1) is 17.4. The number of carbonyl (C=O) groups excluding carboxylic acids is 1. The zero-order chi connectivity index (χ0) is 16.8. The Morgan fingerprint density at radius 1 is 1.17 bits per heavy atom. The molecule has 122 valence electrons. The monoisotopic (exact) mass is 330 g/mol. The van der Waals surface area contributed by atoms with Crippen LogP contribution in [0.4, 0.5) is 11.4 Å². The second-order valence-corrected chi connectivity index (χ2v) is 6.00. The lowest BCUT2D eigenvalue weighted by molar-refractivity contribution is -0.118. The van der Waals surface area contributed by atoms with E-state index in [1.165, 1.54) is 0 Å². The number of hydrogen-bond acceptors (Lipinski definition) is 2. The number of nitrogens with one attached hydrogen (secondary N) is 1. The minimum atomic E-state index is 0.104. The van der Waals surface area contributed by atoms with Gasteiger partial charge in [0.2, 0.25) is 5.91 Å². The summed E-state index contributed by atoms with van der Waals surface area (Å²) in [4.78, 5) is 14.2. The Hall–Kier alpha value is -2.00. The third-order valence-corrected chi connectivity index (χ3v) is 4.06. The Labute approximate surface area is 143 Å². The second kappa shape index (κ2) is 8.02. The largest absolute Gasteiger partial charge is 0.383 e. The molecule has 0 bridgehead atoms. The van der Waals surface area contributed by atoms with E-state index in [9.17, 15) is 4.79 Å². The van der Waals surface area contributed by atoms with Crippen LogP contribution in [0.3, 0.4) is 0 Å². The van der Waals surface area contributed by atoms with E-state index in [1.54, 1.807) is 4.90 Å². The van der Waals surface area contributed by atoms with E-state index in [-0.39, 0.29) is 5.91 Å². The Morgan fingerprint density at radius 2 is 1.87 bits per heavy atom. The van der Waals surface area contributed by atoms with E-state index < -0.39 is 0 Å². The minimum absolute atomic E-state index is 0.104. The summed E-state index contributed by atoms with van der Waals surface area (Å²) in [6.07, 6.45) is 0.423. The molecule has 3 nitrogen and oxygen atoms in total. The first-order valence-corrected chi connectivity index (χ1v) is 8.26. The molecule has 0 spiro atoms. The predicted molar refractivity (Wildman–Crippen MR) is 98.5 cm³/mol. The van der Waals surface area contributed by atoms with Gasteiger partial charge in [0, 0.05) is 25.2 Å². The molecule has 0 aliphatic carbocycles. The molecule has 1 N–H and O–H groups in total. The highest BCUT2D eigenvalue weighted by molar-refractivity contribution is 6.33. The van der Waals surface area contributed by atoms with E-state index in [2.05, 4.69) is 11.4 Å². The van der Waals surface area contributed by atoms with Gasteiger partial charge in [0.15, 0.2) is 0 Å². The Bertz CT molecular complexity index is 647. The molecule has 0 fully saturated rings. The van der Waals surface area contributed by atoms with Crippen LogP contribution in [0.1, 0.15) is 24.5 Å². The van der Waals surface area contributed by atoms with E-state index >= 15 is 0 Å². The number of benzene rings is 2. The van der Waals surface area contributed by atoms with Gasteiger partial charge in [-0.15, -0.1) is 0 Å². The first-order valence-electron chi connectivity index (χ1n) is 7.89. The van der Waals surface area contributed by atoms with Crippen LogP contribution in [0, 0.1) is 13.8 Å². The van der Waals surface area contributed by atoms with Crippen molar-refractivity contribution >= 4 is 28.9 Å². The predicted octanol–water partition coefficient (Wildman–Crippen LogP) is 4.81. The van der Waals surface area contributed by atoms with Crippen molar-refractivity contribution in [3.63, 3.8) is 0 Å². The average molecular weight is 331 g/mol. The lowest BCUT2D eigenvalue weighted by Crippen LogP contribution is -2.31. The fourth-order valence-corrected chi connectivity index (χ4v) is 3.07. The molecule has 23 heavy (non-hydrogen) atoms. The number of hydrogen-bond donors (Lipinski definition) is 1. The van der Waals surface area contributed by atoms with Crippen LogP contribution in [-0.4, -0.2) is 19.0 Å². The number of nitrogens with zero attached hydrogens (tertiary/aromatic N) is 1. The third kappa shape index (κ3) is 4.49. The van der Waals surface area contributed by atoms with Crippen molar-refractivity contribution in [2.75, 3.05) is 23.3 Å². The smallest absolute Gasteiger partial charge is 0.228 e. The molecule has 2 aromatic rings. The number of halogens is 1. The Morgan fingerprint density at radius 3 is 2.48 bits per heavy atom. The topological polar surface area (TPSA) is 32.3 Å². The molecule has 0 aliphatic rings. The van der Waals surface area contributed by atoms with Crippen molar-refractivity contribution < 1.29 is 4.79 Å². The van der Waals surface area contributed by atoms with Gasteiger partial charge in [-0.2, -0.15) is 0 Å². The third-order valence-electron chi connectivity index (χ3n) is 3.76. The van der Waals surface area contributed by atoms with Crippen LogP contribution in [0.2, 0.25) is 5.02 Å². The Kier molecular flexibility index (Phi) is 6.05. The molecule has 0 aromatic heterocycles. The standard InChI is InChI=1S/C19H23ClN2O/c1-4-22(16-8-6-5-7-9-16)18(23)10-11-21-19-15(3)12-14(2)13-17(19)20/h5-9,12-13,21H,4,10-11H2,1-3H3. The van der Waals surface area contributed by atoms with Gasteiger partial charge < -0.3 is 10.2 Å². The number of amides is 1. The molecule has 2 aromatic carbocycles. The first-order chi connectivity index (χ1) is 11.0. The summed E-state index contributed by atoms with van der Waals surface area (Å²) in [5.74, 6) is 0.104. The van der Waals surface area contributed by atoms with Gasteiger partial charge in [-0.3, -0.25) is 4.79 Å². The summed E-state index contributed by atoms with van der Waals surface area (Å²) in [6.45, 7) is 7.24. The van der Waals surface area contributed by atoms with Crippen molar-refractivity contribution in [3.05, 3.63) is 58.6 Å². The Balaban J connectivity index is 1.97. The molecule has 2 rings (SSSR count). The fraction of sp³-hybridized carbons (Fsp3) is 0.316. The minimum Gasteiger partial charge on any atom is -0.383 e. The summed E-state index contributed by atoms with van der Waals surface area (Å²) in [5, 5.41) is 3.99. The van der Waals surface area contributed by atoms with Crippen molar-refractivity contribution in [1.82, 2.24) is 0 Å². The maximum atomic E-state index is 12.4. The number of rotatable bonds is 6. The normalized spacial score (nSPS) is 10.4. The summed E-state index contributed by atoms with van der Waals surface area (Å²) in [5.41, 5.74) is 4.07. The molecular formula is C19H23ClN2O. The van der Waals surface area contributed by atoms with Crippen LogP contribution < -0.4 is 10.2 Å². The molecule has 0 atom stereocenters. The molecule has 1 amide bonds. The molecule has 0 unspecified atom stereocenters. The summed E-state index contributed by atoms with van der Waals surface area (Å²) in [7, 11) is 0. The molecule has 0 saturated carbocycles. The quantitative estimate of drug-likeness (QED) is 0.824. The highest BCUT2D eigenvalue weighted by atomic mass is 35.5. The van der Waals surface area contributed by atoms with Crippen LogP contribution in [-0.2, 0) is 4.79 Å². The summed E-state index contributed by atoms with van der Waals surface area (Å²) >= 11 is 6.28. The second-order valence-electron chi connectivity index (χ2n) is 5.59. The maximum Gasteiger partial charge on any atom is 0.228 e. The number of anilines is 2. The lowest BCUT2D eigenvalue weighted by Gasteiger charge is -2.21. The van der Waals surface area contributed by atoms with Gasteiger partial charge >= 0.3 is 0 Å². The average Bonchev–Trinajstić information content (AvgIpc) is 2.51. The maximum absolute atomic E-state index is 12.4. The van der Waals surface area contributed by atoms with E-state index in [0.29, 0.717) is 24.5 Å². The van der Waals surface area contributed by atoms with Gasteiger partial charge in [0.05, 0.1) is 10.7 Å². The molecule has 0 radical (unpaired) electrons. The summed E-state index contributed by atoms with van der Waals surface area (Å²) < 4.78 is 0. The van der Waals surface area contributed by atoms with E-state index in [0.717, 1.165) is 22.5 Å². The van der Waals surface area contributed by atoms with Crippen LogP contribution in [0.25, 0.3) is 0 Å². The van der Waals surface area contributed by atoms with E-state index in [1.807, 2.05) is 57.2 Å². The highest BCUT2D eigenvalue weighted by Gasteiger charge is 2.13. The van der Waals surface area contributed by atoms with Crippen molar-refractivity contribution in [2.45, 2.75) is 27.2 Å². The molecule has 0 saturated heterocycles. The van der Waals surface area contributed by atoms with Crippen molar-refractivity contribution in [2.24, 2.45) is 0 Å². The summed E-state index contributed by atoms with van der Waals surface area (Å²) in [6, 6.07) is 13.8. The lowest BCUT2D eigenvalue weighted by atomic mass is 10.1. The van der Waals surface area contributed by atoms with Crippen molar-refractivity contribution in [1.29, 1.82) is 0 Å². The number of para-hydroxylation sites is 1. The molecule has 0 heterocycles. The van der Waals surface area contributed by atoms with Crippen molar-refractivity contribution in [3.8, 4) is 0 Å². The number of aryl methyl sites for hydroxylation is 2. The van der Waals surface area contributed by atoms with Gasteiger partial charge in [-0.1, -0.05) is 35.9 Å². The molecular weight excluding hydrogens is 308 g/mol. The SMILES string of the molecule is CCN(C(=O)CCNc1c(C)cc(C)cc1Cl)c1ccccc1.